The molecule has 2 aromatic heterocycles. The highest BCUT2D eigenvalue weighted by molar-refractivity contribution is 6.32. The molecule has 21 heavy (non-hydrogen) atoms. The van der Waals surface area contributed by atoms with Crippen LogP contribution in [0, 0.1) is 0 Å². The summed E-state index contributed by atoms with van der Waals surface area (Å²) in [6, 6.07) is -0.334. The van der Waals surface area contributed by atoms with Gasteiger partial charge in [0.1, 0.15) is 11.6 Å². The fourth-order valence-corrected chi connectivity index (χ4v) is 1.72. The van der Waals surface area contributed by atoms with Crippen LogP contribution in [0.4, 0.5) is 5.69 Å². The van der Waals surface area contributed by atoms with E-state index in [1.165, 1.54) is 13.3 Å². The Balaban J connectivity index is 2.21. The third-order valence-electron chi connectivity index (χ3n) is 2.61. The lowest BCUT2D eigenvalue weighted by atomic mass is 10.3. The van der Waals surface area contributed by atoms with Crippen LogP contribution in [0.1, 0.15) is 18.8 Å². The molecule has 0 fully saturated rings. The highest BCUT2D eigenvalue weighted by Crippen LogP contribution is 2.20. The number of hydrogen-bond acceptors (Lipinski definition) is 8. The van der Waals surface area contributed by atoms with Crippen molar-refractivity contribution < 1.29 is 9.53 Å². The lowest BCUT2D eigenvalue weighted by Crippen LogP contribution is -2.28. The first-order chi connectivity index (χ1) is 10.0. The van der Waals surface area contributed by atoms with Crippen molar-refractivity contribution in [2.75, 3.05) is 12.4 Å². The van der Waals surface area contributed by atoms with Gasteiger partial charge in [-0.05, 0) is 6.92 Å². The molecule has 0 amide bonds. The molecule has 0 saturated heterocycles. The van der Waals surface area contributed by atoms with Crippen LogP contribution in [0.15, 0.2) is 11.0 Å². The van der Waals surface area contributed by atoms with Gasteiger partial charge >= 0.3 is 5.97 Å². The number of aromatic amines is 1. The molecule has 0 aliphatic carbocycles. The van der Waals surface area contributed by atoms with Gasteiger partial charge in [0.2, 0.25) is 0 Å². The maximum absolute atomic E-state index is 12.0. The van der Waals surface area contributed by atoms with E-state index in [0.717, 1.165) is 4.68 Å². The number of ether oxygens (including phenoxy) is 1. The summed E-state index contributed by atoms with van der Waals surface area (Å²) in [5.41, 5.74) is -0.299. The van der Waals surface area contributed by atoms with Gasteiger partial charge in [0.05, 0.1) is 25.0 Å². The number of halogens is 1. The number of rotatable bonds is 5. The van der Waals surface area contributed by atoms with Gasteiger partial charge in [0.15, 0.2) is 5.82 Å². The third kappa shape index (κ3) is 3.34. The second kappa shape index (κ2) is 6.31. The molecule has 0 spiro atoms. The van der Waals surface area contributed by atoms with Crippen molar-refractivity contribution in [2.24, 2.45) is 0 Å². The quantitative estimate of drug-likeness (QED) is 0.724. The van der Waals surface area contributed by atoms with Gasteiger partial charge in [-0.25, -0.2) is 4.68 Å². The largest absolute Gasteiger partial charge is 0.468 e. The van der Waals surface area contributed by atoms with Gasteiger partial charge in [-0.1, -0.05) is 16.8 Å². The van der Waals surface area contributed by atoms with E-state index in [4.69, 9.17) is 11.6 Å². The maximum Gasteiger partial charge on any atom is 0.327 e. The molecule has 0 bridgehead atoms. The minimum Gasteiger partial charge on any atom is -0.468 e. The number of nitrogens with one attached hydrogen (secondary N) is 2. The van der Waals surface area contributed by atoms with E-state index < -0.39 is 11.5 Å². The zero-order valence-corrected chi connectivity index (χ0v) is 12.0. The molecule has 0 aliphatic heterocycles. The monoisotopic (exact) mass is 313 g/mol. The summed E-state index contributed by atoms with van der Waals surface area (Å²) in [6.45, 7) is 1.46. The SMILES string of the molecule is COC(=O)Cn1ncc(NC(C)c2nn[nH]n2)c(Cl)c1=O. The summed E-state index contributed by atoms with van der Waals surface area (Å²) in [5.74, 6) is -0.189. The number of anilines is 1. The molecule has 1 atom stereocenters. The summed E-state index contributed by atoms with van der Waals surface area (Å²) in [4.78, 5) is 23.1. The highest BCUT2D eigenvalue weighted by atomic mass is 35.5. The normalized spacial score (nSPS) is 12.0. The number of carbonyl (C=O) groups excluding carboxylic acids is 1. The molecule has 1 unspecified atom stereocenters. The Bertz CT molecular complexity index is 684. The number of aromatic nitrogens is 6. The number of carbonyl (C=O) groups is 1. The molecule has 11 heteroatoms. The first-order valence-corrected chi connectivity index (χ1v) is 6.23. The first-order valence-electron chi connectivity index (χ1n) is 5.85. The van der Waals surface area contributed by atoms with Crippen LogP contribution >= 0.6 is 11.6 Å². The van der Waals surface area contributed by atoms with E-state index in [1.54, 1.807) is 6.92 Å². The Labute approximate surface area is 123 Å². The van der Waals surface area contributed by atoms with Crippen LogP contribution in [0.3, 0.4) is 0 Å². The predicted molar refractivity (Wildman–Crippen MR) is 71.7 cm³/mol. The summed E-state index contributed by atoms with van der Waals surface area (Å²) in [7, 11) is 1.22. The van der Waals surface area contributed by atoms with Gasteiger partial charge in [-0.2, -0.15) is 10.3 Å². The molecule has 0 aliphatic rings. The molecule has 0 aromatic carbocycles. The van der Waals surface area contributed by atoms with E-state index in [1.807, 2.05) is 0 Å². The second-order valence-corrected chi connectivity index (χ2v) is 4.43. The minimum absolute atomic E-state index is 0.0933. The summed E-state index contributed by atoms with van der Waals surface area (Å²) >= 11 is 5.98. The average Bonchev–Trinajstić information content (AvgIpc) is 3.01. The first kappa shape index (κ1) is 14.9. The Morgan fingerprint density at radius 3 is 3.00 bits per heavy atom. The lowest BCUT2D eigenvalue weighted by molar-refractivity contribution is -0.141. The molecule has 2 aromatic rings. The highest BCUT2D eigenvalue weighted by Gasteiger charge is 2.16. The van der Waals surface area contributed by atoms with Gasteiger partial charge in [0, 0.05) is 0 Å². The Kier molecular flexibility index (Phi) is 4.48. The van der Waals surface area contributed by atoms with Crippen LogP contribution in [0.25, 0.3) is 0 Å². The number of methoxy groups -OCH3 is 1. The van der Waals surface area contributed by atoms with Crippen molar-refractivity contribution in [2.45, 2.75) is 19.5 Å². The third-order valence-corrected chi connectivity index (χ3v) is 2.98. The summed E-state index contributed by atoms with van der Waals surface area (Å²) in [5, 5.41) is 20.1. The molecule has 0 saturated carbocycles. The van der Waals surface area contributed by atoms with Crippen molar-refractivity contribution in [3.63, 3.8) is 0 Å². The smallest absolute Gasteiger partial charge is 0.327 e. The fourth-order valence-electron chi connectivity index (χ4n) is 1.52. The molecule has 112 valence electrons. The van der Waals surface area contributed by atoms with E-state index in [2.05, 4.69) is 35.8 Å². The minimum atomic E-state index is -0.604. The molecule has 2 heterocycles. The van der Waals surface area contributed by atoms with Gasteiger partial charge in [-0.15, -0.1) is 10.2 Å². The summed E-state index contributed by atoms with van der Waals surface area (Å²) < 4.78 is 5.38. The maximum atomic E-state index is 12.0. The van der Waals surface area contributed by atoms with E-state index in [9.17, 15) is 9.59 Å². The van der Waals surface area contributed by atoms with Crippen LogP contribution in [0.2, 0.25) is 5.02 Å². The zero-order valence-electron chi connectivity index (χ0n) is 11.2. The van der Waals surface area contributed by atoms with E-state index in [-0.39, 0.29) is 17.6 Å². The fraction of sp³-hybridized carbons (Fsp3) is 0.400. The van der Waals surface area contributed by atoms with Crippen LogP contribution < -0.4 is 10.9 Å². The molecular weight excluding hydrogens is 302 g/mol. The van der Waals surface area contributed by atoms with Gasteiger partial charge in [-0.3, -0.25) is 9.59 Å². The molecule has 10 nitrogen and oxygen atoms in total. The molecule has 2 N–H and O–H groups in total. The van der Waals surface area contributed by atoms with E-state index in [0.29, 0.717) is 11.5 Å². The lowest BCUT2D eigenvalue weighted by Gasteiger charge is -2.13. The van der Waals surface area contributed by atoms with Crippen molar-refractivity contribution in [3.8, 4) is 0 Å². The predicted octanol–water partition coefficient (Wildman–Crippen LogP) is -0.244. The number of H-pyrrole nitrogens is 1. The van der Waals surface area contributed by atoms with Crippen LogP contribution in [-0.4, -0.2) is 43.5 Å². The Morgan fingerprint density at radius 1 is 1.62 bits per heavy atom. The van der Waals surface area contributed by atoms with E-state index >= 15 is 0 Å². The number of hydrogen-bond donors (Lipinski definition) is 2. The standard InChI is InChI=1S/C10H12ClN7O3/c1-5(9-14-16-17-15-9)13-6-3-12-18(4-7(19)21-2)10(20)8(6)11/h3,5,13H,4H2,1-2H3,(H,14,15,16,17). The van der Waals surface area contributed by atoms with Crippen molar-refractivity contribution in [1.82, 2.24) is 30.4 Å². The Morgan fingerprint density at radius 2 is 2.38 bits per heavy atom. The molecule has 2 rings (SSSR count). The average molecular weight is 314 g/mol. The van der Waals surface area contributed by atoms with Crippen molar-refractivity contribution in [1.29, 1.82) is 0 Å². The zero-order chi connectivity index (χ0) is 15.4. The molecular formula is C10H12ClN7O3. The van der Waals surface area contributed by atoms with Gasteiger partial charge in [0.25, 0.3) is 5.56 Å². The van der Waals surface area contributed by atoms with Crippen molar-refractivity contribution in [3.05, 3.63) is 27.4 Å². The second-order valence-electron chi connectivity index (χ2n) is 4.05. The van der Waals surface area contributed by atoms with Crippen LogP contribution in [-0.2, 0) is 16.1 Å². The molecule has 0 radical (unpaired) electrons. The van der Waals surface area contributed by atoms with Crippen molar-refractivity contribution >= 4 is 23.3 Å². The summed E-state index contributed by atoms with van der Waals surface area (Å²) in [6.07, 6.45) is 1.34. The number of nitrogens with zero attached hydrogens (tertiary/aromatic N) is 5. The Hall–Kier alpha value is -2.49. The number of tetrazole rings is 1. The topological polar surface area (TPSA) is 128 Å². The van der Waals surface area contributed by atoms with Crippen LogP contribution in [0.5, 0.6) is 0 Å². The van der Waals surface area contributed by atoms with Gasteiger partial charge < -0.3 is 10.1 Å². The number of esters is 1.